The van der Waals surface area contributed by atoms with Crippen LogP contribution in [0.2, 0.25) is 5.02 Å². The SMILES string of the molecule is Cc1cccc([C@@H]2c3c(C)nn(C)c3NC(=O)[C@H]2NC(=O)c2ccc(Cl)cc2)c1. The maximum absolute atomic E-state index is 13.0. The zero-order chi connectivity index (χ0) is 20.7. The molecule has 6 nitrogen and oxygen atoms in total. The van der Waals surface area contributed by atoms with Gasteiger partial charge in [0.1, 0.15) is 11.9 Å². The van der Waals surface area contributed by atoms with Crippen LogP contribution < -0.4 is 10.6 Å². The Morgan fingerprint density at radius 3 is 2.59 bits per heavy atom. The van der Waals surface area contributed by atoms with Gasteiger partial charge >= 0.3 is 0 Å². The molecule has 1 aliphatic heterocycles. The fraction of sp³-hybridized carbons (Fsp3) is 0.227. The van der Waals surface area contributed by atoms with Crippen LogP contribution >= 0.6 is 11.6 Å². The number of aromatic nitrogens is 2. The average molecular weight is 409 g/mol. The van der Waals surface area contributed by atoms with Gasteiger partial charge in [-0.15, -0.1) is 0 Å². The van der Waals surface area contributed by atoms with Gasteiger partial charge in [-0.3, -0.25) is 14.3 Å². The zero-order valence-electron chi connectivity index (χ0n) is 16.4. The van der Waals surface area contributed by atoms with Crippen LogP contribution in [-0.4, -0.2) is 27.6 Å². The molecule has 0 saturated carbocycles. The van der Waals surface area contributed by atoms with Gasteiger partial charge in [0.15, 0.2) is 0 Å². The normalized spacial score (nSPS) is 18.1. The van der Waals surface area contributed by atoms with Gasteiger partial charge in [-0.25, -0.2) is 0 Å². The van der Waals surface area contributed by atoms with Crippen LogP contribution in [0.25, 0.3) is 0 Å². The molecule has 2 aromatic carbocycles. The van der Waals surface area contributed by atoms with E-state index in [2.05, 4.69) is 15.7 Å². The third kappa shape index (κ3) is 3.51. The number of hydrogen-bond acceptors (Lipinski definition) is 3. The first-order valence-electron chi connectivity index (χ1n) is 9.32. The molecule has 4 rings (SSSR count). The zero-order valence-corrected chi connectivity index (χ0v) is 17.1. The van der Waals surface area contributed by atoms with Crippen molar-refractivity contribution in [3.63, 3.8) is 0 Å². The van der Waals surface area contributed by atoms with Gasteiger partial charge in [-0.1, -0.05) is 41.4 Å². The number of nitrogens with zero attached hydrogens (tertiary/aromatic N) is 2. The molecule has 148 valence electrons. The summed E-state index contributed by atoms with van der Waals surface area (Å²) in [5.74, 6) is -0.279. The maximum atomic E-state index is 13.0. The van der Waals surface area contributed by atoms with E-state index in [9.17, 15) is 9.59 Å². The number of halogens is 1. The van der Waals surface area contributed by atoms with E-state index in [0.717, 1.165) is 22.4 Å². The number of benzene rings is 2. The molecule has 1 aliphatic rings. The van der Waals surface area contributed by atoms with Gasteiger partial charge in [0.25, 0.3) is 5.91 Å². The van der Waals surface area contributed by atoms with Gasteiger partial charge in [0.05, 0.1) is 5.69 Å². The monoisotopic (exact) mass is 408 g/mol. The standard InChI is InChI=1S/C22H21ClN4O2/c1-12-5-4-6-15(11-12)18-17-13(2)26-27(3)20(17)25-22(29)19(18)24-21(28)14-7-9-16(23)10-8-14/h4-11,18-19H,1-3H3,(H,24,28)(H,25,29)/t18-,19+/m1/s1. The number of fused-ring (bicyclic) bond motifs is 1. The van der Waals surface area contributed by atoms with Crippen LogP contribution in [-0.2, 0) is 11.8 Å². The minimum atomic E-state index is -0.768. The lowest BCUT2D eigenvalue weighted by molar-refractivity contribution is -0.118. The second-order valence-electron chi connectivity index (χ2n) is 7.31. The molecule has 3 aromatic rings. The third-order valence-electron chi connectivity index (χ3n) is 5.23. The van der Waals surface area contributed by atoms with Gasteiger partial charge in [0.2, 0.25) is 5.91 Å². The number of nitrogens with one attached hydrogen (secondary N) is 2. The highest BCUT2D eigenvalue weighted by atomic mass is 35.5. The van der Waals surface area contributed by atoms with Crippen LogP contribution in [0.5, 0.6) is 0 Å². The van der Waals surface area contributed by atoms with Crippen LogP contribution in [0.1, 0.15) is 38.7 Å². The lowest BCUT2D eigenvalue weighted by atomic mass is 9.81. The first-order valence-corrected chi connectivity index (χ1v) is 9.70. The van der Waals surface area contributed by atoms with Crippen molar-refractivity contribution >= 4 is 29.2 Å². The smallest absolute Gasteiger partial charge is 0.251 e. The van der Waals surface area contributed by atoms with Crippen LogP contribution in [0, 0.1) is 13.8 Å². The minimum Gasteiger partial charge on any atom is -0.339 e. The molecule has 0 unspecified atom stereocenters. The molecule has 0 fully saturated rings. The van der Waals surface area contributed by atoms with Crippen molar-refractivity contribution in [1.29, 1.82) is 0 Å². The minimum absolute atomic E-state index is 0.269. The highest BCUT2D eigenvalue weighted by Gasteiger charge is 2.41. The number of amides is 2. The number of carbonyl (C=O) groups excluding carboxylic acids is 2. The summed E-state index contributed by atoms with van der Waals surface area (Å²) >= 11 is 5.92. The van der Waals surface area contributed by atoms with E-state index in [-0.39, 0.29) is 17.7 Å². The topological polar surface area (TPSA) is 76.0 Å². The quantitative estimate of drug-likeness (QED) is 0.695. The van der Waals surface area contributed by atoms with Crippen molar-refractivity contribution in [2.75, 3.05) is 5.32 Å². The molecule has 0 spiro atoms. The number of aryl methyl sites for hydroxylation is 3. The molecular formula is C22H21ClN4O2. The van der Waals surface area contributed by atoms with Crippen LogP contribution in [0.3, 0.4) is 0 Å². The highest BCUT2D eigenvalue weighted by molar-refractivity contribution is 6.30. The Balaban J connectivity index is 1.78. The summed E-state index contributed by atoms with van der Waals surface area (Å²) in [7, 11) is 1.80. The van der Waals surface area contributed by atoms with Crippen molar-refractivity contribution in [2.45, 2.75) is 25.8 Å². The number of hydrogen-bond donors (Lipinski definition) is 2. The van der Waals surface area contributed by atoms with Crippen LogP contribution in [0.4, 0.5) is 5.82 Å². The van der Waals surface area contributed by atoms with Crippen molar-refractivity contribution in [3.05, 3.63) is 81.5 Å². The van der Waals surface area contributed by atoms with Crippen molar-refractivity contribution < 1.29 is 9.59 Å². The van der Waals surface area contributed by atoms with E-state index in [4.69, 9.17) is 11.6 Å². The first kappa shape index (κ1) is 19.2. The molecule has 7 heteroatoms. The van der Waals surface area contributed by atoms with E-state index in [1.165, 1.54) is 0 Å². The van der Waals surface area contributed by atoms with Crippen LogP contribution in [0.15, 0.2) is 48.5 Å². The molecule has 0 bridgehead atoms. The summed E-state index contributed by atoms with van der Waals surface area (Å²) in [4.78, 5) is 25.9. The Hall–Kier alpha value is -3.12. The largest absolute Gasteiger partial charge is 0.339 e. The second kappa shape index (κ2) is 7.37. The van der Waals surface area contributed by atoms with Gasteiger partial charge in [-0.05, 0) is 43.7 Å². The van der Waals surface area contributed by atoms with Gasteiger partial charge in [0, 0.05) is 29.1 Å². The second-order valence-corrected chi connectivity index (χ2v) is 7.75. The summed E-state index contributed by atoms with van der Waals surface area (Å²) in [6, 6.07) is 13.8. The predicted molar refractivity (Wildman–Crippen MR) is 112 cm³/mol. The average Bonchev–Trinajstić information content (AvgIpc) is 2.96. The highest BCUT2D eigenvalue weighted by Crippen LogP contribution is 2.39. The Morgan fingerprint density at radius 1 is 1.17 bits per heavy atom. The molecule has 2 amide bonds. The van der Waals surface area contributed by atoms with Gasteiger partial charge < -0.3 is 10.6 Å². The molecular weight excluding hydrogens is 388 g/mol. The Morgan fingerprint density at radius 2 is 1.90 bits per heavy atom. The predicted octanol–water partition coefficient (Wildman–Crippen LogP) is 3.57. The van der Waals surface area contributed by atoms with Gasteiger partial charge in [-0.2, -0.15) is 5.10 Å². The molecule has 0 saturated heterocycles. The molecule has 29 heavy (non-hydrogen) atoms. The van der Waals surface area contributed by atoms with Crippen molar-refractivity contribution in [1.82, 2.24) is 15.1 Å². The van der Waals surface area contributed by atoms with E-state index < -0.39 is 6.04 Å². The molecule has 2 N–H and O–H groups in total. The Kier molecular flexibility index (Phi) is 4.88. The fourth-order valence-corrected chi connectivity index (χ4v) is 4.03. The summed E-state index contributed by atoms with van der Waals surface area (Å²) in [5, 5.41) is 10.9. The first-order chi connectivity index (χ1) is 13.8. The lowest BCUT2D eigenvalue weighted by Gasteiger charge is -2.32. The summed E-state index contributed by atoms with van der Waals surface area (Å²) in [5.41, 5.74) is 4.22. The molecule has 0 radical (unpaired) electrons. The Bertz CT molecular complexity index is 1100. The number of carbonyl (C=O) groups is 2. The van der Waals surface area contributed by atoms with E-state index in [1.54, 1.807) is 36.0 Å². The third-order valence-corrected chi connectivity index (χ3v) is 5.48. The lowest BCUT2D eigenvalue weighted by Crippen LogP contribution is -2.50. The van der Waals surface area contributed by atoms with Crippen molar-refractivity contribution in [2.24, 2.45) is 7.05 Å². The fourth-order valence-electron chi connectivity index (χ4n) is 3.90. The van der Waals surface area contributed by atoms with E-state index >= 15 is 0 Å². The van der Waals surface area contributed by atoms with Crippen molar-refractivity contribution in [3.8, 4) is 0 Å². The molecule has 2 atom stereocenters. The number of rotatable bonds is 3. The molecule has 1 aromatic heterocycles. The number of anilines is 1. The maximum Gasteiger partial charge on any atom is 0.251 e. The van der Waals surface area contributed by atoms with E-state index in [0.29, 0.717) is 16.4 Å². The summed E-state index contributed by atoms with van der Waals surface area (Å²) in [6.07, 6.45) is 0. The Labute approximate surface area is 173 Å². The molecule has 2 heterocycles. The molecule has 0 aliphatic carbocycles. The summed E-state index contributed by atoms with van der Waals surface area (Å²) in [6.45, 7) is 3.92. The van der Waals surface area contributed by atoms with E-state index in [1.807, 2.05) is 38.1 Å². The summed E-state index contributed by atoms with van der Waals surface area (Å²) < 4.78 is 1.67.